The lowest BCUT2D eigenvalue weighted by Gasteiger charge is -2.21. The summed E-state index contributed by atoms with van der Waals surface area (Å²) in [5.41, 5.74) is 2.40. The topological polar surface area (TPSA) is 78.6 Å². The highest BCUT2D eigenvalue weighted by atomic mass is 19.1. The van der Waals surface area contributed by atoms with Crippen LogP contribution < -0.4 is 4.74 Å². The second-order valence-corrected chi connectivity index (χ2v) is 6.80. The molecule has 7 nitrogen and oxygen atoms in total. The normalized spacial score (nSPS) is 19.1. The number of nitrogens with zero attached hydrogens (tertiary/aromatic N) is 4. The van der Waals surface area contributed by atoms with Crippen LogP contribution in [0.15, 0.2) is 30.7 Å². The fourth-order valence-electron chi connectivity index (χ4n) is 4.01. The first-order valence-electron chi connectivity index (χ1n) is 9.33. The van der Waals surface area contributed by atoms with Gasteiger partial charge >= 0.3 is 5.97 Å². The second kappa shape index (κ2) is 7.53. The summed E-state index contributed by atoms with van der Waals surface area (Å²) in [7, 11) is 1.54. The van der Waals surface area contributed by atoms with E-state index < -0.39 is 5.97 Å². The third-order valence-corrected chi connectivity index (χ3v) is 5.22. The Hall–Kier alpha value is -3.03. The van der Waals surface area contributed by atoms with Crippen molar-refractivity contribution in [3.8, 4) is 5.88 Å². The van der Waals surface area contributed by atoms with Crippen molar-refractivity contribution >= 4 is 11.6 Å². The number of hydrogen-bond donors (Lipinski definition) is 0. The molecule has 0 radical (unpaired) electrons. The van der Waals surface area contributed by atoms with Crippen LogP contribution in [-0.4, -0.2) is 39.3 Å². The minimum atomic E-state index is -0.443. The van der Waals surface area contributed by atoms with Crippen molar-refractivity contribution in [2.45, 2.75) is 38.0 Å². The van der Waals surface area contributed by atoms with E-state index in [1.165, 1.54) is 19.4 Å². The lowest BCUT2D eigenvalue weighted by Crippen LogP contribution is -2.11. The third kappa shape index (κ3) is 3.19. The SMILES string of the molecule is CCOC(=O)c1cnn2ccc(C3CCCC3c3cc(F)cnc3OC)nc12. The van der Waals surface area contributed by atoms with Crippen LogP contribution in [0.1, 0.15) is 59.6 Å². The lowest BCUT2D eigenvalue weighted by atomic mass is 9.87. The molecular weight excluding hydrogens is 363 g/mol. The first-order valence-corrected chi connectivity index (χ1v) is 9.33. The number of ether oxygens (including phenoxy) is 2. The molecule has 3 aromatic heterocycles. The number of aromatic nitrogens is 4. The predicted octanol–water partition coefficient (Wildman–Crippen LogP) is 3.50. The Morgan fingerprint density at radius 2 is 2.14 bits per heavy atom. The average Bonchev–Trinajstić information content (AvgIpc) is 3.34. The highest BCUT2D eigenvalue weighted by molar-refractivity contribution is 5.95. The van der Waals surface area contributed by atoms with E-state index in [4.69, 9.17) is 14.5 Å². The Morgan fingerprint density at radius 1 is 1.32 bits per heavy atom. The molecule has 3 aromatic rings. The van der Waals surface area contributed by atoms with Crippen molar-refractivity contribution < 1.29 is 18.7 Å². The van der Waals surface area contributed by atoms with Crippen molar-refractivity contribution in [2.75, 3.05) is 13.7 Å². The van der Waals surface area contributed by atoms with Crippen LogP contribution >= 0.6 is 0 Å². The minimum Gasteiger partial charge on any atom is -0.481 e. The Kier molecular flexibility index (Phi) is 4.93. The fourth-order valence-corrected chi connectivity index (χ4v) is 4.01. The number of pyridine rings is 1. The van der Waals surface area contributed by atoms with Gasteiger partial charge in [-0.05, 0) is 37.8 Å². The molecule has 0 aliphatic heterocycles. The van der Waals surface area contributed by atoms with E-state index >= 15 is 0 Å². The highest BCUT2D eigenvalue weighted by Crippen LogP contribution is 2.47. The van der Waals surface area contributed by atoms with Gasteiger partial charge < -0.3 is 9.47 Å². The number of fused-ring (bicyclic) bond motifs is 1. The number of carbonyl (C=O) groups is 1. The molecule has 2 unspecified atom stereocenters. The highest BCUT2D eigenvalue weighted by Gasteiger charge is 2.34. The predicted molar refractivity (Wildman–Crippen MR) is 99.0 cm³/mol. The summed E-state index contributed by atoms with van der Waals surface area (Å²) in [6.45, 7) is 2.04. The van der Waals surface area contributed by atoms with Gasteiger partial charge in [-0.25, -0.2) is 23.7 Å². The number of hydrogen-bond acceptors (Lipinski definition) is 6. The summed E-state index contributed by atoms with van der Waals surface area (Å²) < 4.78 is 25.9. The fraction of sp³-hybridized carbons (Fsp3) is 0.400. The molecule has 4 rings (SSSR count). The van der Waals surface area contributed by atoms with Crippen LogP contribution in [0.2, 0.25) is 0 Å². The summed E-state index contributed by atoms with van der Waals surface area (Å²) in [6.07, 6.45) is 7.21. The zero-order chi connectivity index (χ0) is 19.7. The zero-order valence-electron chi connectivity index (χ0n) is 15.8. The molecule has 0 amide bonds. The molecule has 1 fully saturated rings. The molecule has 3 heterocycles. The van der Waals surface area contributed by atoms with Gasteiger partial charge in [-0.2, -0.15) is 5.10 Å². The van der Waals surface area contributed by atoms with Crippen LogP contribution in [0.25, 0.3) is 5.65 Å². The largest absolute Gasteiger partial charge is 0.481 e. The summed E-state index contributed by atoms with van der Waals surface area (Å²) in [4.78, 5) is 21.0. The molecule has 0 saturated heterocycles. The van der Waals surface area contributed by atoms with Crippen LogP contribution in [0.3, 0.4) is 0 Å². The van der Waals surface area contributed by atoms with Gasteiger partial charge in [0.25, 0.3) is 0 Å². The average molecular weight is 384 g/mol. The minimum absolute atomic E-state index is 0.0436. The van der Waals surface area contributed by atoms with Gasteiger partial charge in [0.2, 0.25) is 5.88 Å². The molecule has 8 heteroatoms. The quantitative estimate of drug-likeness (QED) is 0.627. The van der Waals surface area contributed by atoms with E-state index in [-0.39, 0.29) is 24.3 Å². The van der Waals surface area contributed by atoms with E-state index in [2.05, 4.69) is 10.1 Å². The van der Waals surface area contributed by atoms with Crippen molar-refractivity contribution in [2.24, 2.45) is 0 Å². The maximum absolute atomic E-state index is 13.9. The summed E-state index contributed by atoms with van der Waals surface area (Å²) in [5, 5.41) is 4.18. The number of methoxy groups -OCH3 is 1. The Morgan fingerprint density at radius 3 is 2.93 bits per heavy atom. The molecular formula is C20H21FN4O3. The number of esters is 1. The monoisotopic (exact) mass is 384 g/mol. The first kappa shape index (κ1) is 18.3. The van der Waals surface area contributed by atoms with E-state index in [9.17, 15) is 9.18 Å². The summed E-state index contributed by atoms with van der Waals surface area (Å²) >= 11 is 0. The molecule has 1 saturated carbocycles. The number of carbonyl (C=O) groups excluding carboxylic acids is 1. The molecule has 0 bridgehead atoms. The van der Waals surface area contributed by atoms with Crippen molar-refractivity contribution in [1.29, 1.82) is 0 Å². The van der Waals surface area contributed by atoms with E-state index in [0.29, 0.717) is 17.1 Å². The molecule has 0 aromatic carbocycles. The summed E-state index contributed by atoms with van der Waals surface area (Å²) in [5.74, 6) is -0.267. The molecule has 28 heavy (non-hydrogen) atoms. The molecule has 0 N–H and O–H groups in total. The standard InChI is InChI=1S/C20H21FN4O3/c1-3-28-20(26)16-11-23-25-8-7-17(24-18(16)25)14-6-4-5-13(14)15-9-12(21)10-22-19(15)27-2/h7-11,13-14H,3-6H2,1-2H3. The third-order valence-electron chi connectivity index (χ3n) is 5.22. The smallest absolute Gasteiger partial charge is 0.343 e. The maximum atomic E-state index is 13.9. The van der Waals surface area contributed by atoms with Crippen molar-refractivity contribution in [1.82, 2.24) is 19.6 Å². The summed E-state index contributed by atoms with van der Waals surface area (Å²) in [6, 6.07) is 3.40. The second-order valence-electron chi connectivity index (χ2n) is 6.80. The van der Waals surface area contributed by atoms with Crippen LogP contribution in [0.4, 0.5) is 4.39 Å². The Bertz CT molecular complexity index is 1020. The van der Waals surface area contributed by atoms with Gasteiger partial charge in [-0.1, -0.05) is 6.42 Å². The zero-order valence-corrected chi connectivity index (χ0v) is 15.8. The van der Waals surface area contributed by atoms with Gasteiger partial charge in [-0.3, -0.25) is 0 Å². The van der Waals surface area contributed by atoms with Gasteiger partial charge in [0.1, 0.15) is 11.4 Å². The molecule has 1 aliphatic rings. The van der Waals surface area contributed by atoms with Gasteiger partial charge in [0.05, 0.1) is 26.1 Å². The molecule has 0 spiro atoms. The Balaban J connectivity index is 1.74. The van der Waals surface area contributed by atoms with Gasteiger partial charge in [-0.15, -0.1) is 0 Å². The van der Waals surface area contributed by atoms with Crippen molar-refractivity contribution in [3.05, 3.63) is 53.4 Å². The Labute approximate surface area is 161 Å². The van der Waals surface area contributed by atoms with E-state index in [1.54, 1.807) is 17.6 Å². The van der Waals surface area contributed by atoms with Gasteiger partial charge in [0.15, 0.2) is 5.65 Å². The molecule has 146 valence electrons. The number of rotatable bonds is 5. The van der Waals surface area contributed by atoms with E-state index in [0.717, 1.165) is 36.7 Å². The molecule has 2 atom stereocenters. The van der Waals surface area contributed by atoms with Crippen LogP contribution in [0.5, 0.6) is 5.88 Å². The number of halogens is 1. The van der Waals surface area contributed by atoms with Crippen molar-refractivity contribution in [3.63, 3.8) is 0 Å². The lowest BCUT2D eigenvalue weighted by molar-refractivity contribution is 0.0528. The van der Waals surface area contributed by atoms with Crippen LogP contribution in [0, 0.1) is 5.82 Å². The van der Waals surface area contributed by atoms with E-state index in [1.807, 2.05) is 6.07 Å². The van der Waals surface area contributed by atoms with Gasteiger partial charge in [0, 0.05) is 23.4 Å². The molecule has 1 aliphatic carbocycles. The first-order chi connectivity index (χ1) is 13.6. The maximum Gasteiger partial charge on any atom is 0.343 e. The van der Waals surface area contributed by atoms with Crippen LogP contribution in [-0.2, 0) is 4.74 Å².